The zero-order valence-corrected chi connectivity index (χ0v) is 15.4. The summed E-state index contributed by atoms with van der Waals surface area (Å²) >= 11 is 0. The van der Waals surface area contributed by atoms with Gasteiger partial charge < -0.3 is 4.74 Å². The van der Waals surface area contributed by atoms with Crippen LogP contribution in [-0.2, 0) is 16.8 Å². The van der Waals surface area contributed by atoms with Crippen LogP contribution in [0, 0.1) is 11.7 Å². The predicted molar refractivity (Wildman–Crippen MR) is 96.4 cm³/mol. The van der Waals surface area contributed by atoms with E-state index in [1.807, 2.05) is 0 Å². The summed E-state index contributed by atoms with van der Waals surface area (Å²) in [5, 5.41) is 0. The second-order valence-electron chi connectivity index (χ2n) is 6.50. The number of hydrogen-bond donors (Lipinski definition) is 1. The van der Waals surface area contributed by atoms with Crippen molar-refractivity contribution in [3.63, 3.8) is 0 Å². The minimum Gasteiger partial charge on any atom is -0.439 e. The highest BCUT2D eigenvalue weighted by atomic mass is 32.2. The van der Waals surface area contributed by atoms with Crippen LogP contribution in [0.3, 0.4) is 0 Å². The van der Waals surface area contributed by atoms with Gasteiger partial charge in [-0.3, -0.25) is 0 Å². The number of aromatic nitrogens is 1. The van der Waals surface area contributed by atoms with Gasteiger partial charge in [-0.25, -0.2) is 9.37 Å². The minimum absolute atomic E-state index is 0.153. The first-order valence-electron chi connectivity index (χ1n) is 8.55. The zero-order valence-electron chi connectivity index (χ0n) is 14.6. The van der Waals surface area contributed by atoms with E-state index < -0.39 is 10.2 Å². The van der Waals surface area contributed by atoms with Crippen molar-refractivity contribution in [2.75, 3.05) is 13.1 Å². The molecule has 1 aliphatic heterocycles. The van der Waals surface area contributed by atoms with E-state index in [0.717, 1.165) is 12.8 Å². The number of pyridine rings is 1. The maximum absolute atomic E-state index is 13.2. The molecule has 0 radical (unpaired) electrons. The normalized spacial score (nSPS) is 18.6. The molecule has 140 valence electrons. The van der Waals surface area contributed by atoms with Gasteiger partial charge in [0.2, 0.25) is 5.88 Å². The van der Waals surface area contributed by atoms with Crippen LogP contribution in [0.4, 0.5) is 4.39 Å². The number of piperidine rings is 1. The number of nitrogens with one attached hydrogen (secondary N) is 1. The number of halogens is 1. The fourth-order valence-corrected chi connectivity index (χ4v) is 4.21. The summed E-state index contributed by atoms with van der Waals surface area (Å²) < 4.78 is 47.5. The van der Waals surface area contributed by atoms with Crippen molar-refractivity contribution in [2.45, 2.75) is 26.3 Å². The van der Waals surface area contributed by atoms with Crippen molar-refractivity contribution in [3.05, 3.63) is 54.0 Å². The van der Waals surface area contributed by atoms with E-state index in [1.165, 1.54) is 22.6 Å². The van der Waals surface area contributed by atoms with Crippen LogP contribution in [0.25, 0.3) is 0 Å². The molecule has 1 unspecified atom stereocenters. The topological polar surface area (TPSA) is 71.5 Å². The SMILES string of the molecule is CC1CCCN(S(=O)(=O)NCc2ccc(Oc3cccc(F)c3)nc2)C1. The highest BCUT2D eigenvalue weighted by Crippen LogP contribution is 2.20. The predicted octanol–water partition coefficient (Wildman–Crippen LogP) is 3.08. The Hall–Kier alpha value is -2.03. The standard InChI is InChI=1S/C18H22FN3O3S/c1-14-4-3-9-22(13-14)26(23,24)21-12-15-7-8-18(20-11-15)25-17-6-2-5-16(19)10-17/h2,5-8,10-11,14,21H,3-4,9,12-13H2,1H3. The van der Waals surface area contributed by atoms with Gasteiger partial charge in [-0.15, -0.1) is 0 Å². The summed E-state index contributed by atoms with van der Waals surface area (Å²) in [6, 6.07) is 9.13. The Labute approximate surface area is 153 Å². The Bertz CT molecular complexity index is 843. The van der Waals surface area contributed by atoms with Gasteiger partial charge in [-0.05, 0) is 36.5 Å². The molecule has 2 aromatic rings. The van der Waals surface area contributed by atoms with Crippen LogP contribution in [0.5, 0.6) is 11.6 Å². The van der Waals surface area contributed by atoms with Gasteiger partial charge in [0, 0.05) is 38.0 Å². The number of hydrogen-bond acceptors (Lipinski definition) is 4. The molecule has 1 N–H and O–H groups in total. The molecule has 1 atom stereocenters. The lowest BCUT2D eigenvalue weighted by atomic mass is 10.0. The molecule has 0 spiro atoms. The van der Waals surface area contributed by atoms with Crippen molar-refractivity contribution in [2.24, 2.45) is 5.92 Å². The first kappa shape index (κ1) is 18.8. The van der Waals surface area contributed by atoms with Gasteiger partial charge in [-0.2, -0.15) is 17.4 Å². The lowest BCUT2D eigenvalue weighted by Gasteiger charge is -2.29. The van der Waals surface area contributed by atoms with Crippen LogP contribution in [-0.4, -0.2) is 30.8 Å². The Morgan fingerprint density at radius 2 is 2.19 bits per heavy atom. The third-order valence-electron chi connectivity index (χ3n) is 4.23. The first-order chi connectivity index (χ1) is 12.4. The maximum atomic E-state index is 13.2. The molecule has 1 aliphatic rings. The lowest BCUT2D eigenvalue weighted by Crippen LogP contribution is -2.45. The smallest absolute Gasteiger partial charge is 0.279 e. The molecule has 8 heteroatoms. The third kappa shape index (κ3) is 5.00. The number of nitrogens with zero attached hydrogens (tertiary/aromatic N) is 2. The molecule has 3 rings (SSSR count). The molecule has 2 heterocycles. The van der Waals surface area contributed by atoms with Gasteiger partial charge >= 0.3 is 0 Å². The van der Waals surface area contributed by atoms with Crippen LogP contribution >= 0.6 is 0 Å². The largest absolute Gasteiger partial charge is 0.439 e. The molecule has 0 bridgehead atoms. The highest BCUT2D eigenvalue weighted by Gasteiger charge is 2.26. The molecule has 1 fully saturated rings. The average Bonchev–Trinajstić information content (AvgIpc) is 2.61. The van der Waals surface area contributed by atoms with E-state index in [2.05, 4.69) is 16.6 Å². The van der Waals surface area contributed by atoms with Crippen molar-refractivity contribution >= 4 is 10.2 Å². The van der Waals surface area contributed by atoms with Crippen LogP contribution < -0.4 is 9.46 Å². The third-order valence-corrected chi connectivity index (χ3v) is 5.76. The second kappa shape index (κ2) is 8.11. The molecular weight excluding hydrogens is 357 g/mol. The van der Waals surface area contributed by atoms with Gasteiger partial charge in [0.15, 0.2) is 0 Å². The lowest BCUT2D eigenvalue weighted by molar-refractivity contribution is 0.278. The number of benzene rings is 1. The number of rotatable bonds is 6. The van der Waals surface area contributed by atoms with Gasteiger partial charge in [0.1, 0.15) is 11.6 Å². The summed E-state index contributed by atoms with van der Waals surface area (Å²) in [5.74, 6) is 0.652. The Morgan fingerprint density at radius 1 is 1.35 bits per heavy atom. The highest BCUT2D eigenvalue weighted by molar-refractivity contribution is 7.87. The summed E-state index contributed by atoms with van der Waals surface area (Å²) in [5.41, 5.74) is 0.713. The first-order valence-corrected chi connectivity index (χ1v) is 9.99. The van der Waals surface area contributed by atoms with E-state index >= 15 is 0 Å². The van der Waals surface area contributed by atoms with Crippen molar-refractivity contribution in [1.82, 2.24) is 14.0 Å². The summed E-state index contributed by atoms with van der Waals surface area (Å²) in [6.45, 7) is 3.32. The minimum atomic E-state index is -3.50. The van der Waals surface area contributed by atoms with Crippen molar-refractivity contribution < 1.29 is 17.5 Å². The quantitative estimate of drug-likeness (QED) is 0.837. The fourth-order valence-electron chi connectivity index (χ4n) is 2.86. The molecule has 1 saturated heterocycles. The van der Waals surface area contributed by atoms with Crippen LogP contribution in [0.2, 0.25) is 0 Å². The monoisotopic (exact) mass is 379 g/mol. The van der Waals surface area contributed by atoms with E-state index in [-0.39, 0.29) is 12.4 Å². The molecule has 26 heavy (non-hydrogen) atoms. The summed E-state index contributed by atoms with van der Waals surface area (Å²) in [7, 11) is -3.50. The number of ether oxygens (including phenoxy) is 1. The van der Waals surface area contributed by atoms with Crippen LogP contribution in [0.1, 0.15) is 25.3 Å². The van der Waals surface area contributed by atoms with Gasteiger partial charge in [0.05, 0.1) is 0 Å². The van der Waals surface area contributed by atoms with E-state index in [1.54, 1.807) is 24.3 Å². The molecule has 1 aromatic heterocycles. The van der Waals surface area contributed by atoms with Gasteiger partial charge in [0.25, 0.3) is 10.2 Å². The maximum Gasteiger partial charge on any atom is 0.279 e. The Kier molecular flexibility index (Phi) is 5.85. The fraction of sp³-hybridized carbons (Fsp3) is 0.389. The summed E-state index contributed by atoms with van der Waals surface area (Å²) in [6.07, 6.45) is 3.48. The average molecular weight is 379 g/mol. The van der Waals surface area contributed by atoms with Crippen molar-refractivity contribution in [1.29, 1.82) is 0 Å². The van der Waals surface area contributed by atoms with Crippen molar-refractivity contribution in [3.8, 4) is 11.6 Å². The Morgan fingerprint density at radius 3 is 2.88 bits per heavy atom. The summed E-state index contributed by atoms with van der Waals surface area (Å²) in [4.78, 5) is 4.14. The zero-order chi connectivity index (χ0) is 18.6. The van der Waals surface area contributed by atoms with Gasteiger partial charge in [-0.1, -0.05) is 19.1 Å². The molecule has 6 nitrogen and oxygen atoms in total. The molecule has 1 aromatic carbocycles. The van der Waals surface area contributed by atoms with E-state index in [0.29, 0.717) is 36.2 Å². The van der Waals surface area contributed by atoms with Crippen LogP contribution in [0.15, 0.2) is 42.6 Å². The van der Waals surface area contributed by atoms with E-state index in [9.17, 15) is 12.8 Å². The Balaban J connectivity index is 1.57. The second-order valence-corrected chi connectivity index (χ2v) is 8.25. The van der Waals surface area contributed by atoms with E-state index in [4.69, 9.17) is 4.74 Å². The molecule has 0 amide bonds. The molecule has 0 saturated carbocycles. The molecule has 0 aliphatic carbocycles. The molecular formula is C18H22FN3O3S.